The Balaban J connectivity index is 3.86. The van der Waals surface area contributed by atoms with Gasteiger partial charge >= 0.3 is 5.97 Å². The third-order valence-electron chi connectivity index (χ3n) is 5.89. The Labute approximate surface area is 177 Å². The van der Waals surface area contributed by atoms with E-state index in [0.717, 1.165) is 19.3 Å². The number of rotatable bonds is 22. The summed E-state index contributed by atoms with van der Waals surface area (Å²) in [6, 6.07) is 0. The molecule has 1 unspecified atom stereocenters. The summed E-state index contributed by atoms with van der Waals surface area (Å²) in [4.78, 5) is 12.5. The molecule has 1 atom stereocenters. The molecule has 2 heteroatoms. The Kier molecular flexibility index (Phi) is 22.3. The highest BCUT2D eigenvalue weighted by atomic mass is 16.5. The first-order chi connectivity index (χ1) is 13.8. The molecular formula is C26H52O2. The van der Waals surface area contributed by atoms with Crippen LogP contribution in [-0.4, -0.2) is 12.6 Å². The molecule has 0 aliphatic heterocycles. The number of carbonyl (C=O) groups is 1. The second-order valence-corrected chi connectivity index (χ2v) is 8.75. The Morgan fingerprint density at radius 3 is 1.39 bits per heavy atom. The van der Waals surface area contributed by atoms with Gasteiger partial charge in [-0.2, -0.15) is 0 Å². The van der Waals surface area contributed by atoms with Crippen molar-refractivity contribution in [1.29, 1.82) is 0 Å². The summed E-state index contributed by atoms with van der Waals surface area (Å²) in [5.74, 6) is 0.237. The standard InChI is InChI=1S/C26H52O2/c1-4-7-10-12-14-15-17-20-23-25(22-19-9-6-3)26(27)28-24-21-18-16-13-11-8-5-2/h25H,4-24H2,1-3H3. The molecule has 0 fully saturated rings. The largest absolute Gasteiger partial charge is 0.465 e. The van der Waals surface area contributed by atoms with Crippen molar-refractivity contribution in [2.45, 2.75) is 149 Å². The van der Waals surface area contributed by atoms with Crippen molar-refractivity contribution in [1.82, 2.24) is 0 Å². The van der Waals surface area contributed by atoms with E-state index in [-0.39, 0.29) is 11.9 Å². The Morgan fingerprint density at radius 2 is 0.893 bits per heavy atom. The first-order valence-corrected chi connectivity index (χ1v) is 12.9. The Bertz CT molecular complexity index is 314. The zero-order valence-corrected chi connectivity index (χ0v) is 19.7. The van der Waals surface area contributed by atoms with Crippen LogP contribution in [0.4, 0.5) is 0 Å². The van der Waals surface area contributed by atoms with E-state index >= 15 is 0 Å². The lowest BCUT2D eigenvalue weighted by Crippen LogP contribution is -2.18. The van der Waals surface area contributed by atoms with Crippen molar-refractivity contribution in [3.63, 3.8) is 0 Å². The molecule has 0 heterocycles. The molecule has 0 amide bonds. The molecular weight excluding hydrogens is 344 g/mol. The third kappa shape index (κ3) is 18.8. The molecule has 28 heavy (non-hydrogen) atoms. The summed E-state index contributed by atoms with van der Waals surface area (Å²) in [6.07, 6.45) is 25.2. The van der Waals surface area contributed by atoms with E-state index < -0.39 is 0 Å². The lowest BCUT2D eigenvalue weighted by Gasteiger charge is -2.16. The van der Waals surface area contributed by atoms with Gasteiger partial charge in [0.2, 0.25) is 0 Å². The van der Waals surface area contributed by atoms with Crippen molar-refractivity contribution in [3.8, 4) is 0 Å². The van der Waals surface area contributed by atoms with Gasteiger partial charge in [0, 0.05) is 0 Å². The lowest BCUT2D eigenvalue weighted by molar-refractivity contribution is -0.149. The molecule has 0 radical (unpaired) electrons. The minimum atomic E-state index is 0.0880. The summed E-state index contributed by atoms with van der Waals surface area (Å²) in [5, 5.41) is 0. The fraction of sp³-hybridized carbons (Fsp3) is 0.962. The molecule has 168 valence electrons. The lowest BCUT2D eigenvalue weighted by atomic mass is 9.94. The number of hydrogen-bond donors (Lipinski definition) is 0. The van der Waals surface area contributed by atoms with Gasteiger partial charge in [0.05, 0.1) is 12.5 Å². The van der Waals surface area contributed by atoms with Crippen LogP contribution in [0.3, 0.4) is 0 Å². The van der Waals surface area contributed by atoms with Gasteiger partial charge in [-0.05, 0) is 19.3 Å². The molecule has 0 aliphatic rings. The molecule has 0 aromatic rings. The molecule has 0 aromatic heterocycles. The van der Waals surface area contributed by atoms with Crippen LogP contribution in [0, 0.1) is 5.92 Å². The normalized spacial score (nSPS) is 12.2. The molecule has 0 rings (SSSR count). The topological polar surface area (TPSA) is 26.3 Å². The molecule has 2 nitrogen and oxygen atoms in total. The maximum Gasteiger partial charge on any atom is 0.308 e. The van der Waals surface area contributed by atoms with Gasteiger partial charge in [-0.25, -0.2) is 0 Å². The Hall–Kier alpha value is -0.530. The van der Waals surface area contributed by atoms with E-state index in [0.29, 0.717) is 6.61 Å². The van der Waals surface area contributed by atoms with E-state index in [4.69, 9.17) is 4.74 Å². The monoisotopic (exact) mass is 396 g/mol. The van der Waals surface area contributed by atoms with Crippen LogP contribution in [0.1, 0.15) is 149 Å². The smallest absolute Gasteiger partial charge is 0.308 e. The zero-order chi connectivity index (χ0) is 20.7. The van der Waals surface area contributed by atoms with Crippen LogP contribution in [0.25, 0.3) is 0 Å². The number of carbonyl (C=O) groups excluding carboxylic acids is 1. The SMILES string of the molecule is CCCCCCCCCCC(CCCCC)C(=O)OCCCCCCCCC. The minimum Gasteiger partial charge on any atom is -0.465 e. The second kappa shape index (κ2) is 22.8. The summed E-state index contributed by atoms with van der Waals surface area (Å²) in [7, 11) is 0. The first kappa shape index (κ1) is 27.5. The van der Waals surface area contributed by atoms with E-state index in [1.807, 2.05) is 0 Å². The van der Waals surface area contributed by atoms with E-state index in [9.17, 15) is 4.79 Å². The quantitative estimate of drug-likeness (QED) is 0.135. The third-order valence-corrected chi connectivity index (χ3v) is 5.89. The summed E-state index contributed by atoms with van der Waals surface area (Å²) in [6.45, 7) is 7.38. The van der Waals surface area contributed by atoms with Crippen molar-refractivity contribution in [3.05, 3.63) is 0 Å². The molecule has 0 aromatic carbocycles. The predicted molar refractivity (Wildman–Crippen MR) is 124 cm³/mol. The molecule has 0 saturated heterocycles. The summed E-state index contributed by atoms with van der Waals surface area (Å²) >= 11 is 0. The van der Waals surface area contributed by atoms with E-state index in [1.165, 1.54) is 109 Å². The van der Waals surface area contributed by atoms with Gasteiger partial charge < -0.3 is 4.74 Å². The molecule has 0 bridgehead atoms. The van der Waals surface area contributed by atoms with Crippen LogP contribution in [0.2, 0.25) is 0 Å². The summed E-state index contributed by atoms with van der Waals surface area (Å²) in [5.41, 5.74) is 0. The molecule has 0 aliphatic carbocycles. The summed E-state index contributed by atoms with van der Waals surface area (Å²) < 4.78 is 5.65. The van der Waals surface area contributed by atoms with E-state index in [1.54, 1.807) is 0 Å². The number of esters is 1. The highest BCUT2D eigenvalue weighted by Crippen LogP contribution is 2.20. The van der Waals surface area contributed by atoms with Crippen molar-refractivity contribution >= 4 is 5.97 Å². The number of hydrogen-bond acceptors (Lipinski definition) is 2. The first-order valence-electron chi connectivity index (χ1n) is 12.9. The van der Waals surface area contributed by atoms with E-state index in [2.05, 4.69) is 20.8 Å². The number of unbranched alkanes of at least 4 members (excludes halogenated alkanes) is 15. The van der Waals surface area contributed by atoms with Gasteiger partial charge in [0.15, 0.2) is 0 Å². The van der Waals surface area contributed by atoms with Crippen LogP contribution >= 0.6 is 0 Å². The van der Waals surface area contributed by atoms with Crippen LogP contribution in [0.15, 0.2) is 0 Å². The predicted octanol–water partition coefficient (Wildman–Crippen LogP) is 9.01. The van der Waals surface area contributed by atoms with Gasteiger partial charge in [-0.3, -0.25) is 4.79 Å². The number of ether oxygens (including phenoxy) is 1. The second-order valence-electron chi connectivity index (χ2n) is 8.75. The minimum absolute atomic E-state index is 0.0880. The Morgan fingerprint density at radius 1 is 0.536 bits per heavy atom. The van der Waals surface area contributed by atoms with Crippen LogP contribution in [-0.2, 0) is 9.53 Å². The fourth-order valence-corrected chi connectivity index (χ4v) is 3.90. The zero-order valence-electron chi connectivity index (χ0n) is 19.7. The van der Waals surface area contributed by atoms with Crippen molar-refractivity contribution in [2.75, 3.05) is 6.61 Å². The average Bonchev–Trinajstić information content (AvgIpc) is 2.70. The molecule has 0 spiro atoms. The van der Waals surface area contributed by atoms with Gasteiger partial charge in [0.1, 0.15) is 0 Å². The highest BCUT2D eigenvalue weighted by Gasteiger charge is 2.19. The van der Waals surface area contributed by atoms with Gasteiger partial charge in [-0.1, -0.05) is 130 Å². The molecule has 0 saturated carbocycles. The highest BCUT2D eigenvalue weighted by molar-refractivity contribution is 5.72. The van der Waals surface area contributed by atoms with Crippen molar-refractivity contribution in [2.24, 2.45) is 5.92 Å². The average molecular weight is 397 g/mol. The fourth-order valence-electron chi connectivity index (χ4n) is 3.90. The maximum atomic E-state index is 12.5. The van der Waals surface area contributed by atoms with Crippen LogP contribution in [0.5, 0.6) is 0 Å². The van der Waals surface area contributed by atoms with Gasteiger partial charge in [-0.15, -0.1) is 0 Å². The van der Waals surface area contributed by atoms with Crippen molar-refractivity contribution < 1.29 is 9.53 Å². The molecule has 0 N–H and O–H groups in total. The van der Waals surface area contributed by atoms with Crippen LogP contribution < -0.4 is 0 Å². The van der Waals surface area contributed by atoms with Gasteiger partial charge in [0.25, 0.3) is 0 Å². The maximum absolute atomic E-state index is 12.5.